The summed E-state index contributed by atoms with van der Waals surface area (Å²) in [5, 5.41) is 5.08. The summed E-state index contributed by atoms with van der Waals surface area (Å²) < 4.78 is 60.7. The molecule has 3 N–H and O–H groups in total. The number of amides is 2. The first-order chi connectivity index (χ1) is 14.3. The first-order valence-corrected chi connectivity index (χ1v) is 10.1. The molecular formula is C19H14F2N4O4S. The van der Waals surface area contributed by atoms with Gasteiger partial charge in [0, 0.05) is 12.3 Å². The Hall–Kier alpha value is -3.73. The van der Waals surface area contributed by atoms with Gasteiger partial charge in [0.1, 0.15) is 22.3 Å². The summed E-state index contributed by atoms with van der Waals surface area (Å²) >= 11 is 0. The molecule has 0 fully saturated rings. The summed E-state index contributed by atoms with van der Waals surface area (Å²) in [6, 6.07) is 9.38. The zero-order valence-corrected chi connectivity index (χ0v) is 16.0. The molecule has 11 heteroatoms. The molecule has 0 unspecified atom stereocenters. The number of rotatable bonds is 5. The number of benzene rings is 2. The molecular weight excluding hydrogens is 418 g/mol. The van der Waals surface area contributed by atoms with Crippen molar-refractivity contribution in [2.24, 2.45) is 0 Å². The van der Waals surface area contributed by atoms with Crippen molar-refractivity contribution >= 4 is 27.6 Å². The number of hydrogen-bond acceptors (Lipinski definition) is 5. The standard InChI is InChI=1S/C19H14F2N4O4S/c20-13-3-1-2-4-17(13)30(27,28)25-11-5-6-16(14(21)9-11)29-15-7-8-22-18-12(15)10-23-19(26)24-18/h1-9,25H,10H2,(H2,22,23,24,26). The SMILES string of the molecule is O=C1NCc2c(Oc3ccc(NS(=O)(=O)c4ccccc4F)cc3F)ccnc2N1. The van der Waals surface area contributed by atoms with E-state index in [1.165, 1.54) is 36.5 Å². The number of hydrogen-bond donors (Lipinski definition) is 3. The lowest BCUT2D eigenvalue weighted by atomic mass is 10.2. The second kappa shape index (κ2) is 7.59. The van der Waals surface area contributed by atoms with Crippen LogP contribution in [0.1, 0.15) is 5.56 Å². The lowest BCUT2D eigenvalue weighted by Gasteiger charge is -2.20. The van der Waals surface area contributed by atoms with Crippen LogP contribution >= 0.6 is 0 Å². The van der Waals surface area contributed by atoms with Crippen LogP contribution in [0, 0.1) is 11.6 Å². The Morgan fingerprint density at radius 1 is 1.03 bits per heavy atom. The highest BCUT2D eigenvalue weighted by molar-refractivity contribution is 7.92. The highest BCUT2D eigenvalue weighted by atomic mass is 32.2. The van der Waals surface area contributed by atoms with Gasteiger partial charge in [-0.25, -0.2) is 27.0 Å². The predicted octanol–water partition coefficient (Wildman–Crippen LogP) is 3.59. The molecule has 3 aromatic rings. The van der Waals surface area contributed by atoms with E-state index in [1.807, 2.05) is 0 Å². The average Bonchev–Trinajstić information content (AvgIpc) is 2.70. The number of sulfonamides is 1. The van der Waals surface area contributed by atoms with Gasteiger partial charge >= 0.3 is 6.03 Å². The number of nitrogens with zero attached hydrogens (tertiary/aromatic N) is 1. The van der Waals surface area contributed by atoms with Crippen molar-refractivity contribution < 1.29 is 26.7 Å². The van der Waals surface area contributed by atoms with E-state index in [4.69, 9.17) is 4.74 Å². The molecule has 0 atom stereocenters. The molecule has 30 heavy (non-hydrogen) atoms. The number of pyridine rings is 1. The Kier molecular flexibility index (Phi) is 4.96. The zero-order chi connectivity index (χ0) is 21.3. The molecule has 4 rings (SSSR count). The number of ether oxygens (including phenoxy) is 1. The second-order valence-electron chi connectivity index (χ2n) is 6.23. The van der Waals surface area contributed by atoms with Crippen LogP contribution in [-0.2, 0) is 16.6 Å². The number of carbonyl (C=O) groups excluding carboxylic acids is 1. The molecule has 0 bridgehead atoms. The van der Waals surface area contributed by atoms with Gasteiger partial charge in [-0.1, -0.05) is 12.1 Å². The smallest absolute Gasteiger partial charge is 0.320 e. The summed E-state index contributed by atoms with van der Waals surface area (Å²) in [7, 11) is -4.24. The molecule has 1 aliphatic heterocycles. The monoisotopic (exact) mass is 432 g/mol. The Labute approximate surface area is 170 Å². The third kappa shape index (κ3) is 3.87. The molecule has 1 aliphatic rings. The topological polar surface area (TPSA) is 109 Å². The van der Waals surface area contributed by atoms with Gasteiger partial charge < -0.3 is 10.1 Å². The number of carbonyl (C=O) groups is 1. The Bertz CT molecular complexity index is 1250. The lowest BCUT2D eigenvalue weighted by molar-refractivity contribution is 0.250. The molecule has 0 spiro atoms. The average molecular weight is 432 g/mol. The van der Waals surface area contributed by atoms with Gasteiger partial charge in [-0.05, 0) is 30.3 Å². The van der Waals surface area contributed by atoms with E-state index in [0.717, 1.165) is 18.2 Å². The molecule has 0 aliphatic carbocycles. The van der Waals surface area contributed by atoms with Crippen molar-refractivity contribution in [2.45, 2.75) is 11.4 Å². The van der Waals surface area contributed by atoms with Crippen LogP contribution in [0.5, 0.6) is 11.5 Å². The quantitative estimate of drug-likeness (QED) is 0.571. The largest absolute Gasteiger partial charge is 0.454 e. The van der Waals surface area contributed by atoms with Crippen LogP contribution in [0.15, 0.2) is 59.6 Å². The van der Waals surface area contributed by atoms with E-state index >= 15 is 0 Å². The van der Waals surface area contributed by atoms with Crippen LogP contribution < -0.4 is 20.1 Å². The molecule has 0 saturated heterocycles. The number of anilines is 2. The van der Waals surface area contributed by atoms with Crippen molar-refractivity contribution in [1.29, 1.82) is 0 Å². The van der Waals surface area contributed by atoms with Gasteiger partial charge in [0.15, 0.2) is 11.6 Å². The van der Waals surface area contributed by atoms with E-state index in [1.54, 1.807) is 0 Å². The van der Waals surface area contributed by atoms with Gasteiger partial charge in [0.25, 0.3) is 10.0 Å². The first kappa shape index (κ1) is 19.6. The number of halogens is 2. The lowest BCUT2D eigenvalue weighted by Crippen LogP contribution is -2.34. The molecule has 1 aromatic heterocycles. The van der Waals surface area contributed by atoms with Crippen LogP contribution in [0.2, 0.25) is 0 Å². The van der Waals surface area contributed by atoms with Crippen molar-refractivity contribution in [3.8, 4) is 11.5 Å². The van der Waals surface area contributed by atoms with Crippen LogP contribution in [-0.4, -0.2) is 19.4 Å². The fraction of sp³-hybridized carbons (Fsp3) is 0.0526. The van der Waals surface area contributed by atoms with Crippen LogP contribution in [0.4, 0.5) is 25.1 Å². The Balaban J connectivity index is 1.57. The summed E-state index contributed by atoms with van der Waals surface area (Å²) in [5.41, 5.74) is 0.426. The van der Waals surface area contributed by atoms with Crippen molar-refractivity contribution in [1.82, 2.24) is 10.3 Å². The minimum Gasteiger partial charge on any atom is -0.454 e. The van der Waals surface area contributed by atoms with Crippen molar-refractivity contribution in [3.05, 3.63) is 71.9 Å². The van der Waals surface area contributed by atoms with E-state index in [9.17, 15) is 22.0 Å². The number of aromatic nitrogens is 1. The summed E-state index contributed by atoms with van der Waals surface area (Å²) in [5.74, 6) is -1.37. The maximum Gasteiger partial charge on any atom is 0.320 e. The maximum atomic E-state index is 14.6. The zero-order valence-electron chi connectivity index (χ0n) is 15.1. The number of fused-ring (bicyclic) bond motifs is 1. The van der Waals surface area contributed by atoms with Crippen molar-refractivity contribution in [2.75, 3.05) is 10.0 Å². The molecule has 2 aromatic carbocycles. The molecule has 8 nitrogen and oxygen atoms in total. The van der Waals surface area contributed by atoms with Gasteiger partial charge in [-0.3, -0.25) is 10.0 Å². The Morgan fingerprint density at radius 2 is 1.83 bits per heavy atom. The molecule has 2 heterocycles. The predicted molar refractivity (Wildman–Crippen MR) is 104 cm³/mol. The minimum absolute atomic E-state index is 0.103. The third-order valence-corrected chi connectivity index (χ3v) is 5.62. The minimum atomic E-state index is -4.24. The van der Waals surface area contributed by atoms with Crippen LogP contribution in [0.25, 0.3) is 0 Å². The first-order valence-electron chi connectivity index (χ1n) is 8.61. The van der Waals surface area contributed by atoms with E-state index in [2.05, 4.69) is 20.3 Å². The van der Waals surface area contributed by atoms with Gasteiger partial charge in [0.2, 0.25) is 0 Å². The number of urea groups is 1. The van der Waals surface area contributed by atoms with Gasteiger partial charge in [-0.15, -0.1) is 0 Å². The fourth-order valence-electron chi connectivity index (χ4n) is 2.81. The third-order valence-electron chi connectivity index (χ3n) is 4.20. The highest BCUT2D eigenvalue weighted by Crippen LogP contribution is 2.33. The highest BCUT2D eigenvalue weighted by Gasteiger charge is 2.21. The van der Waals surface area contributed by atoms with Crippen LogP contribution in [0.3, 0.4) is 0 Å². The summed E-state index contributed by atoms with van der Waals surface area (Å²) in [6.07, 6.45) is 1.40. The molecule has 0 saturated carbocycles. The summed E-state index contributed by atoms with van der Waals surface area (Å²) in [4.78, 5) is 14.9. The Morgan fingerprint density at radius 3 is 2.60 bits per heavy atom. The van der Waals surface area contributed by atoms with E-state index in [0.29, 0.717) is 11.4 Å². The van der Waals surface area contributed by atoms with Gasteiger partial charge in [0.05, 0.1) is 17.8 Å². The maximum absolute atomic E-state index is 14.6. The van der Waals surface area contributed by atoms with Crippen molar-refractivity contribution in [3.63, 3.8) is 0 Å². The normalized spacial score (nSPS) is 13.1. The molecule has 154 valence electrons. The number of nitrogens with one attached hydrogen (secondary N) is 3. The van der Waals surface area contributed by atoms with E-state index < -0.39 is 32.6 Å². The van der Waals surface area contributed by atoms with E-state index in [-0.39, 0.29) is 23.7 Å². The molecule has 0 radical (unpaired) electrons. The summed E-state index contributed by atoms with van der Waals surface area (Å²) in [6.45, 7) is 0.145. The fourth-order valence-corrected chi connectivity index (χ4v) is 3.94. The molecule has 2 amide bonds. The van der Waals surface area contributed by atoms with Gasteiger partial charge in [-0.2, -0.15) is 0 Å². The second-order valence-corrected chi connectivity index (χ2v) is 7.88.